The van der Waals surface area contributed by atoms with Gasteiger partial charge in [0.05, 0.1) is 16.3 Å². The Balaban J connectivity index is 2.20. The lowest BCUT2D eigenvalue weighted by atomic mass is 10.2. The number of aryl methyl sites for hydroxylation is 2. The van der Waals surface area contributed by atoms with Gasteiger partial charge in [0.1, 0.15) is 5.69 Å². The molecule has 0 spiro atoms. The average Bonchev–Trinajstić information content (AvgIpc) is 2.62. The molecule has 0 saturated heterocycles. The molecule has 21 heavy (non-hydrogen) atoms. The molecular weight excluding hydrogens is 307 g/mol. The Morgan fingerprint density at radius 2 is 1.86 bits per heavy atom. The number of nitrogens with one attached hydrogen (secondary N) is 1. The van der Waals surface area contributed by atoms with E-state index in [1.165, 1.54) is 16.8 Å². The number of nitrogens with zero attached hydrogens (tertiary/aromatic N) is 2. The molecule has 8 heteroatoms. The Kier molecular flexibility index (Phi) is 3.95. The average molecular weight is 318 g/mol. The Hall–Kier alpha value is -2.02. The third kappa shape index (κ3) is 3.18. The fourth-order valence-corrected chi connectivity index (χ4v) is 2.06. The second-order valence-corrected chi connectivity index (χ2v) is 4.78. The lowest BCUT2D eigenvalue weighted by Gasteiger charge is -2.09. The van der Waals surface area contributed by atoms with E-state index in [-0.39, 0.29) is 16.4 Å². The zero-order chi connectivity index (χ0) is 15.8. The lowest BCUT2D eigenvalue weighted by Crippen LogP contribution is -2.16. The highest BCUT2D eigenvalue weighted by molar-refractivity contribution is 6.34. The zero-order valence-electron chi connectivity index (χ0n) is 11.1. The number of carbonyl (C=O) groups is 1. The van der Waals surface area contributed by atoms with E-state index >= 15 is 0 Å². The summed E-state index contributed by atoms with van der Waals surface area (Å²) in [6.07, 6.45) is -4.41. The van der Waals surface area contributed by atoms with E-state index in [0.717, 1.165) is 12.1 Å². The van der Waals surface area contributed by atoms with E-state index in [9.17, 15) is 18.0 Å². The molecule has 0 aliphatic rings. The van der Waals surface area contributed by atoms with Crippen LogP contribution in [-0.2, 0) is 13.2 Å². The van der Waals surface area contributed by atoms with Crippen molar-refractivity contribution in [2.24, 2.45) is 7.05 Å². The third-order valence-corrected chi connectivity index (χ3v) is 3.29. The molecule has 2 aromatic rings. The van der Waals surface area contributed by atoms with Crippen LogP contribution in [0.3, 0.4) is 0 Å². The first-order valence-corrected chi connectivity index (χ1v) is 6.25. The van der Waals surface area contributed by atoms with Crippen molar-refractivity contribution in [3.63, 3.8) is 0 Å². The molecule has 0 fully saturated rings. The molecule has 0 radical (unpaired) electrons. The summed E-state index contributed by atoms with van der Waals surface area (Å²) >= 11 is 5.97. The highest BCUT2D eigenvalue weighted by atomic mass is 35.5. The smallest absolute Gasteiger partial charge is 0.321 e. The Morgan fingerprint density at radius 1 is 1.29 bits per heavy atom. The van der Waals surface area contributed by atoms with Crippen molar-refractivity contribution in [3.05, 3.63) is 46.2 Å². The number of hydrogen-bond donors (Lipinski definition) is 1. The molecule has 0 atom stereocenters. The molecule has 4 nitrogen and oxygen atoms in total. The van der Waals surface area contributed by atoms with Gasteiger partial charge in [-0.2, -0.15) is 18.3 Å². The van der Waals surface area contributed by atoms with Crippen LogP contribution in [0.4, 0.5) is 18.9 Å². The quantitative estimate of drug-likeness (QED) is 0.919. The Labute approximate surface area is 123 Å². The van der Waals surface area contributed by atoms with Gasteiger partial charge in [0.2, 0.25) is 0 Å². The summed E-state index contributed by atoms with van der Waals surface area (Å²) in [7, 11) is 1.56. The molecule has 1 aromatic carbocycles. The molecular formula is C13H11ClF3N3O. The van der Waals surface area contributed by atoms with Gasteiger partial charge in [-0.05, 0) is 31.2 Å². The maximum absolute atomic E-state index is 12.4. The van der Waals surface area contributed by atoms with Crippen LogP contribution in [0, 0.1) is 6.92 Å². The third-order valence-electron chi connectivity index (χ3n) is 2.83. The lowest BCUT2D eigenvalue weighted by molar-refractivity contribution is -0.137. The van der Waals surface area contributed by atoms with Crippen LogP contribution in [-0.4, -0.2) is 15.7 Å². The van der Waals surface area contributed by atoms with Gasteiger partial charge in [-0.3, -0.25) is 9.48 Å². The molecule has 112 valence electrons. The Morgan fingerprint density at radius 3 is 2.29 bits per heavy atom. The minimum Gasteiger partial charge on any atom is -0.321 e. The standard InChI is InChI=1S/C13H11ClF3N3O/c1-7-10(14)11(20(2)19-7)12(21)18-9-5-3-8(4-6-9)13(15,16)17/h3-6H,1-2H3,(H,18,21). The minimum atomic E-state index is -4.41. The highest BCUT2D eigenvalue weighted by Gasteiger charge is 2.30. The van der Waals surface area contributed by atoms with Crippen LogP contribution < -0.4 is 5.32 Å². The van der Waals surface area contributed by atoms with Gasteiger partial charge < -0.3 is 5.32 Å². The minimum absolute atomic E-state index is 0.147. The van der Waals surface area contributed by atoms with E-state index in [2.05, 4.69) is 10.4 Å². The monoisotopic (exact) mass is 317 g/mol. The van der Waals surface area contributed by atoms with Crippen molar-refractivity contribution < 1.29 is 18.0 Å². The largest absolute Gasteiger partial charge is 0.416 e. The fraction of sp³-hybridized carbons (Fsp3) is 0.231. The highest BCUT2D eigenvalue weighted by Crippen LogP contribution is 2.30. The topological polar surface area (TPSA) is 46.9 Å². The van der Waals surface area contributed by atoms with E-state index in [0.29, 0.717) is 5.69 Å². The van der Waals surface area contributed by atoms with Crippen LogP contribution in [0.15, 0.2) is 24.3 Å². The molecule has 2 rings (SSSR count). The maximum Gasteiger partial charge on any atom is 0.416 e. The SMILES string of the molecule is Cc1nn(C)c(C(=O)Nc2ccc(C(F)(F)F)cc2)c1Cl. The normalized spacial score (nSPS) is 11.5. The second kappa shape index (κ2) is 5.40. The molecule has 0 aliphatic carbocycles. The number of anilines is 1. The summed E-state index contributed by atoms with van der Waals surface area (Å²) in [6.45, 7) is 1.65. The fourth-order valence-electron chi connectivity index (χ4n) is 1.81. The zero-order valence-corrected chi connectivity index (χ0v) is 11.9. The molecule has 0 bridgehead atoms. The van der Waals surface area contributed by atoms with Crippen molar-refractivity contribution in [2.75, 3.05) is 5.32 Å². The van der Waals surface area contributed by atoms with Crippen molar-refractivity contribution in [1.29, 1.82) is 0 Å². The van der Waals surface area contributed by atoms with Crippen molar-refractivity contribution in [1.82, 2.24) is 9.78 Å². The number of benzene rings is 1. The number of hydrogen-bond acceptors (Lipinski definition) is 2. The van der Waals surface area contributed by atoms with Gasteiger partial charge in [-0.25, -0.2) is 0 Å². The van der Waals surface area contributed by atoms with E-state index in [1.54, 1.807) is 14.0 Å². The number of carbonyl (C=O) groups excluding carboxylic acids is 1. The number of amides is 1. The first-order valence-electron chi connectivity index (χ1n) is 5.88. The summed E-state index contributed by atoms with van der Waals surface area (Å²) < 4.78 is 38.6. The van der Waals surface area contributed by atoms with Gasteiger partial charge in [0.25, 0.3) is 5.91 Å². The summed E-state index contributed by atoms with van der Waals surface area (Å²) in [6, 6.07) is 4.15. The van der Waals surface area contributed by atoms with Crippen molar-refractivity contribution >= 4 is 23.2 Å². The summed E-state index contributed by atoms with van der Waals surface area (Å²) in [5, 5.41) is 6.69. The van der Waals surface area contributed by atoms with Gasteiger partial charge in [0.15, 0.2) is 0 Å². The van der Waals surface area contributed by atoms with Crippen LogP contribution in [0.2, 0.25) is 5.02 Å². The molecule has 1 aromatic heterocycles. The summed E-state index contributed by atoms with van der Waals surface area (Å²) in [5.74, 6) is -0.539. The second-order valence-electron chi connectivity index (χ2n) is 4.40. The first-order chi connectivity index (χ1) is 9.70. The van der Waals surface area contributed by atoms with Gasteiger partial charge >= 0.3 is 6.18 Å². The van der Waals surface area contributed by atoms with Crippen LogP contribution in [0.5, 0.6) is 0 Å². The molecule has 1 amide bonds. The number of rotatable bonds is 2. The van der Waals surface area contributed by atoms with Crippen LogP contribution in [0.1, 0.15) is 21.7 Å². The molecule has 0 aliphatic heterocycles. The van der Waals surface area contributed by atoms with Crippen LogP contribution >= 0.6 is 11.6 Å². The summed E-state index contributed by atoms with van der Waals surface area (Å²) in [4.78, 5) is 12.1. The van der Waals surface area contributed by atoms with E-state index < -0.39 is 17.6 Å². The van der Waals surface area contributed by atoms with Crippen molar-refractivity contribution in [2.45, 2.75) is 13.1 Å². The predicted octanol–water partition coefficient (Wildman–Crippen LogP) is 3.65. The number of alkyl halides is 3. The first kappa shape index (κ1) is 15.4. The van der Waals surface area contributed by atoms with Gasteiger partial charge in [-0.15, -0.1) is 0 Å². The van der Waals surface area contributed by atoms with E-state index in [1.807, 2.05) is 0 Å². The summed E-state index contributed by atoms with van der Waals surface area (Å²) in [5.41, 5.74) is 0.101. The molecule has 1 heterocycles. The van der Waals surface area contributed by atoms with Crippen LogP contribution in [0.25, 0.3) is 0 Å². The molecule has 1 N–H and O–H groups in total. The number of halogens is 4. The Bertz CT molecular complexity index is 677. The molecule has 0 unspecified atom stereocenters. The maximum atomic E-state index is 12.4. The van der Waals surface area contributed by atoms with E-state index in [4.69, 9.17) is 11.6 Å². The van der Waals surface area contributed by atoms with Gasteiger partial charge in [-0.1, -0.05) is 11.6 Å². The van der Waals surface area contributed by atoms with Gasteiger partial charge in [0, 0.05) is 12.7 Å². The van der Waals surface area contributed by atoms with Crippen molar-refractivity contribution in [3.8, 4) is 0 Å². The molecule has 0 saturated carbocycles. The number of aromatic nitrogens is 2. The predicted molar refractivity (Wildman–Crippen MR) is 72.4 cm³/mol.